The number of halogens is 3. The first-order valence-electron chi connectivity index (χ1n) is 6.36. The Hall–Kier alpha value is -1.25. The molecule has 1 amide bonds. The van der Waals surface area contributed by atoms with Gasteiger partial charge in [0.05, 0.1) is 11.7 Å². The number of amides is 1. The van der Waals surface area contributed by atoms with Crippen molar-refractivity contribution in [3.63, 3.8) is 0 Å². The van der Waals surface area contributed by atoms with Crippen molar-refractivity contribution >= 4 is 17.7 Å². The zero-order valence-corrected chi connectivity index (χ0v) is 11.8. The van der Waals surface area contributed by atoms with E-state index in [1.165, 1.54) is 17.8 Å². The lowest BCUT2D eigenvalue weighted by Gasteiger charge is -2.13. The Morgan fingerprint density at radius 3 is 2.86 bits per heavy atom. The van der Waals surface area contributed by atoms with Gasteiger partial charge in [0, 0.05) is 10.6 Å². The molecule has 0 bridgehead atoms. The minimum absolute atomic E-state index is 0.160. The van der Waals surface area contributed by atoms with E-state index in [0.717, 1.165) is 12.1 Å². The number of hydrazine groups is 1. The molecule has 1 heterocycles. The predicted octanol–water partition coefficient (Wildman–Crippen LogP) is 2.34. The molecule has 8 heteroatoms. The van der Waals surface area contributed by atoms with Crippen molar-refractivity contribution in [1.29, 1.82) is 0 Å². The summed E-state index contributed by atoms with van der Waals surface area (Å²) >= 11 is 1.28. The van der Waals surface area contributed by atoms with Gasteiger partial charge in [-0.25, -0.2) is 5.84 Å². The van der Waals surface area contributed by atoms with Crippen molar-refractivity contribution in [2.45, 2.75) is 36.1 Å². The quantitative estimate of drug-likeness (QED) is 0.387. The number of hydrogen-bond donors (Lipinski definition) is 2. The molecule has 2 atom stereocenters. The highest BCUT2D eigenvalue weighted by molar-refractivity contribution is 7.99. The summed E-state index contributed by atoms with van der Waals surface area (Å²) in [5.41, 5.74) is 1.36. The Labute approximate surface area is 124 Å². The molecule has 3 N–H and O–H groups in total. The summed E-state index contributed by atoms with van der Waals surface area (Å²) in [4.78, 5) is 11.8. The van der Waals surface area contributed by atoms with Gasteiger partial charge in [0.15, 0.2) is 0 Å². The summed E-state index contributed by atoms with van der Waals surface area (Å²) < 4.78 is 43.3. The molecule has 1 aromatic rings. The number of carbonyl (C=O) groups excluding carboxylic acids is 1. The second-order valence-corrected chi connectivity index (χ2v) is 5.76. The molecule has 116 valence electrons. The first-order valence-corrected chi connectivity index (χ1v) is 7.34. The fourth-order valence-corrected chi connectivity index (χ4v) is 3.07. The second-order valence-electron chi connectivity index (χ2n) is 4.67. The minimum Gasteiger partial charge on any atom is -0.364 e. The van der Waals surface area contributed by atoms with Crippen LogP contribution in [0.2, 0.25) is 0 Å². The highest BCUT2D eigenvalue weighted by atomic mass is 32.2. The molecule has 4 nitrogen and oxygen atoms in total. The number of thioether (sulfide) groups is 1. The fraction of sp³-hybridized carbons (Fsp3) is 0.462. The summed E-state index contributed by atoms with van der Waals surface area (Å²) in [5.74, 6) is 5.15. The zero-order chi connectivity index (χ0) is 15.5. The van der Waals surface area contributed by atoms with Crippen molar-refractivity contribution in [3.8, 4) is 0 Å². The highest BCUT2D eigenvalue weighted by Gasteiger charge is 2.32. The second kappa shape index (κ2) is 6.67. The summed E-state index contributed by atoms with van der Waals surface area (Å²) in [5, 5.41) is 0. The predicted molar refractivity (Wildman–Crippen MR) is 72.4 cm³/mol. The van der Waals surface area contributed by atoms with Gasteiger partial charge in [-0.05, 0) is 31.0 Å². The van der Waals surface area contributed by atoms with E-state index in [1.54, 1.807) is 6.07 Å². The summed E-state index contributed by atoms with van der Waals surface area (Å²) in [6, 6.07) is 5.16. The molecule has 1 aliphatic heterocycles. The van der Waals surface area contributed by atoms with Crippen LogP contribution >= 0.6 is 11.8 Å². The van der Waals surface area contributed by atoms with E-state index < -0.39 is 17.8 Å². The first-order chi connectivity index (χ1) is 9.90. The molecule has 1 saturated heterocycles. The lowest BCUT2D eigenvalue weighted by molar-refractivity contribution is -0.137. The maximum absolute atomic E-state index is 12.6. The van der Waals surface area contributed by atoms with Crippen LogP contribution in [0.25, 0.3) is 0 Å². The van der Waals surface area contributed by atoms with Gasteiger partial charge in [-0.2, -0.15) is 13.2 Å². The minimum atomic E-state index is -4.34. The number of ether oxygens (including phenoxy) is 1. The van der Waals surface area contributed by atoms with Crippen LogP contribution in [0.15, 0.2) is 29.2 Å². The Bertz CT molecular complexity index is 510. The van der Waals surface area contributed by atoms with Gasteiger partial charge in [0.2, 0.25) is 0 Å². The number of alkyl halides is 3. The van der Waals surface area contributed by atoms with Gasteiger partial charge in [-0.3, -0.25) is 10.2 Å². The smallest absolute Gasteiger partial charge is 0.364 e. The molecular formula is C13H15F3N2O2S. The SMILES string of the molecule is NNC(=O)C1CCC(CSc2cccc(C(F)(F)F)c2)O1. The number of benzene rings is 1. The van der Waals surface area contributed by atoms with Crippen molar-refractivity contribution < 1.29 is 22.7 Å². The molecule has 1 fully saturated rings. The van der Waals surface area contributed by atoms with E-state index in [-0.39, 0.29) is 12.0 Å². The third-order valence-corrected chi connectivity index (χ3v) is 4.27. The molecule has 2 rings (SSSR count). The van der Waals surface area contributed by atoms with Crippen LogP contribution in [0.3, 0.4) is 0 Å². The van der Waals surface area contributed by atoms with Crippen LogP contribution in [0.1, 0.15) is 18.4 Å². The third kappa shape index (κ3) is 4.36. The van der Waals surface area contributed by atoms with Crippen molar-refractivity contribution in [1.82, 2.24) is 5.43 Å². The molecule has 0 aliphatic carbocycles. The Kier molecular flexibility index (Phi) is 5.13. The van der Waals surface area contributed by atoms with E-state index >= 15 is 0 Å². The van der Waals surface area contributed by atoms with Crippen LogP contribution in [0.5, 0.6) is 0 Å². The number of nitrogens with two attached hydrogens (primary N) is 1. The summed E-state index contributed by atoms with van der Waals surface area (Å²) in [6.07, 6.45) is -3.82. The van der Waals surface area contributed by atoms with Crippen molar-refractivity contribution in [2.24, 2.45) is 5.84 Å². The number of carbonyl (C=O) groups is 1. The molecule has 21 heavy (non-hydrogen) atoms. The maximum Gasteiger partial charge on any atom is 0.416 e. The monoisotopic (exact) mass is 320 g/mol. The van der Waals surface area contributed by atoms with Crippen LogP contribution in [0.4, 0.5) is 13.2 Å². The lowest BCUT2D eigenvalue weighted by atomic mass is 10.2. The average molecular weight is 320 g/mol. The van der Waals surface area contributed by atoms with Crippen LogP contribution in [-0.4, -0.2) is 23.9 Å². The van der Waals surface area contributed by atoms with Gasteiger partial charge in [-0.15, -0.1) is 11.8 Å². The molecule has 0 radical (unpaired) electrons. The molecule has 0 saturated carbocycles. The topological polar surface area (TPSA) is 64.3 Å². The van der Waals surface area contributed by atoms with Gasteiger partial charge in [0.1, 0.15) is 6.10 Å². The third-order valence-electron chi connectivity index (χ3n) is 3.14. The zero-order valence-electron chi connectivity index (χ0n) is 11.0. The molecule has 1 aromatic carbocycles. The normalized spacial score (nSPS) is 22.3. The number of rotatable bonds is 4. The number of nitrogens with one attached hydrogen (secondary N) is 1. The van der Waals surface area contributed by atoms with Gasteiger partial charge >= 0.3 is 6.18 Å². The van der Waals surface area contributed by atoms with Crippen LogP contribution in [-0.2, 0) is 15.7 Å². The van der Waals surface area contributed by atoms with Crippen molar-refractivity contribution in [3.05, 3.63) is 29.8 Å². The molecule has 2 unspecified atom stereocenters. The average Bonchev–Trinajstić information content (AvgIpc) is 2.92. The van der Waals surface area contributed by atoms with Gasteiger partial charge < -0.3 is 4.74 Å². The standard InChI is InChI=1S/C13H15F3N2O2S/c14-13(15,16)8-2-1-3-10(6-8)21-7-9-4-5-11(20-9)12(19)18-17/h1-3,6,9,11H,4-5,7,17H2,(H,18,19). The largest absolute Gasteiger partial charge is 0.416 e. The van der Waals surface area contributed by atoms with E-state index in [9.17, 15) is 18.0 Å². The van der Waals surface area contributed by atoms with E-state index in [4.69, 9.17) is 10.6 Å². The maximum atomic E-state index is 12.6. The number of hydrogen-bond acceptors (Lipinski definition) is 4. The molecule has 1 aliphatic rings. The van der Waals surface area contributed by atoms with E-state index in [2.05, 4.69) is 0 Å². The molecular weight excluding hydrogens is 305 g/mol. The van der Waals surface area contributed by atoms with Crippen molar-refractivity contribution in [2.75, 3.05) is 5.75 Å². The van der Waals surface area contributed by atoms with E-state index in [0.29, 0.717) is 23.5 Å². The Balaban J connectivity index is 1.88. The van der Waals surface area contributed by atoms with Gasteiger partial charge in [0.25, 0.3) is 5.91 Å². The summed E-state index contributed by atoms with van der Waals surface area (Å²) in [6.45, 7) is 0. The van der Waals surface area contributed by atoms with Crippen LogP contribution < -0.4 is 11.3 Å². The first kappa shape index (κ1) is 16.1. The highest BCUT2D eigenvalue weighted by Crippen LogP contribution is 2.33. The van der Waals surface area contributed by atoms with Gasteiger partial charge in [-0.1, -0.05) is 6.07 Å². The summed E-state index contributed by atoms with van der Waals surface area (Å²) in [7, 11) is 0. The molecule has 0 spiro atoms. The molecule has 0 aromatic heterocycles. The van der Waals surface area contributed by atoms with E-state index in [1.807, 2.05) is 5.43 Å². The fourth-order valence-electron chi connectivity index (χ4n) is 2.07. The Morgan fingerprint density at radius 2 is 2.19 bits per heavy atom. The Morgan fingerprint density at radius 1 is 1.43 bits per heavy atom. The lowest BCUT2D eigenvalue weighted by Crippen LogP contribution is -2.39. The van der Waals surface area contributed by atoms with Crippen LogP contribution in [0, 0.1) is 0 Å².